The lowest BCUT2D eigenvalue weighted by molar-refractivity contribution is 0.0679. The second kappa shape index (κ2) is 9.21. The molecule has 0 saturated carbocycles. The van der Waals surface area contributed by atoms with Crippen LogP contribution in [0.15, 0.2) is 42.5 Å². The Morgan fingerprint density at radius 3 is 2.77 bits per heavy atom. The monoisotopic (exact) mass is 439 g/mol. The maximum atomic E-state index is 12.7. The van der Waals surface area contributed by atoms with Crippen LogP contribution in [0.2, 0.25) is 0 Å². The maximum absolute atomic E-state index is 12.7. The highest BCUT2D eigenvalue weighted by atomic mass is 32.1. The highest BCUT2D eigenvalue weighted by molar-refractivity contribution is 7.22. The molecule has 1 unspecified atom stereocenters. The third kappa shape index (κ3) is 4.81. The smallest absolute Gasteiger partial charge is 0.255 e. The topological polar surface area (TPSA) is 72.9 Å². The number of fused-ring (bicyclic) bond motifs is 1. The van der Waals surface area contributed by atoms with E-state index < -0.39 is 0 Å². The normalized spacial score (nSPS) is 19.0. The number of ether oxygens (including phenoxy) is 3. The average Bonchev–Trinajstić information content (AvgIpc) is 3.48. The molecule has 3 heterocycles. The summed E-state index contributed by atoms with van der Waals surface area (Å²) in [5, 5.41) is 3.98. The van der Waals surface area contributed by atoms with Gasteiger partial charge in [0.25, 0.3) is 5.91 Å². The van der Waals surface area contributed by atoms with Crippen molar-refractivity contribution in [1.82, 2.24) is 4.98 Å². The molecule has 8 heteroatoms. The molecule has 162 valence electrons. The number of morpholine rings is 1. The molecule has 2 aromatic carbocycles. The molecular weight excluding hydrogens is 414 g/mol. The summed E-state index contributed by atoms with van der Waals surface area (Å²) in [4.78, 5) is 19.6. The van der Waals surface area contributed by atoms with E-state index in [-0.39, 0.29) is 12.0 Å². The lowest BCUT2D eigenvalue weighted by Crippen LogP contribution is -2.36. The van der Waals surface area contributed by atoms with Crippen LogP contribution in [0.3, 0.4) is 0 Å². The fraction of sp³-hybridized carbons (Fsp3) is 0.391. The minimum absolute atomic E-state index is 0.150. The Balaban J connectivity index is 1.22. The first-order valence-electron chi connectivity index (χ1n) is 10.6. The fourth-order valence-corrected chi connectivity index (χ4v) is 4.81. The van der Waals surface area contributed by atoms with E-state index in [1.807, 2.05) is 30.3 Å². The van der Waals surface area contributed by atoms with Crippen LogP contribution in [0.4, 0.5) is 10.8 Å². The van der Waals surface area contributed by atoms with Crippen molar-refractivity contribution in [3.63, 3.8) is 0 Å². The number of hydrogen-bond acceptors (Lipinski definition) is 7. The van der Waals surface area contributed by atoms with Crippen molar-refractivity contribution in [3.05, 3.63) is 48.0 Å². The summed E-state index contributed by atoms with van der Waals surface area (Å²) in [5.74, 6) is 0.594. The van der Waals surface area contributed by atoms with Gasteiger partial charge in [0.2, 0.25) is 0 Å². The predicted molar refractivity (Wildman–Crippen MR) is 122 cm³/mol. The third-order valence-corrected chi connectivity index (χ3v) is 6.57. The van der Waals surface area contributed by atoms with Gasteiger partial charge in [-0.3, -0.25) is 4.79 Å². The standard InChI is InChI=1S/C23H25N3O4S/c27-22(16-3-6-18(7-4-16)30-15-19-2-1-11-29-19)24-17-5-8-20-21(14-17)31-23(25-20)26-9-12-28-13-10-26/h3-8,14,19H,1-2,9-13,15H2,(H,24,27). The molecule has 2 fully saturated rings. The zero-order valence-corrected chi connectivity index (χ0v) is 18.0. The Hall–Kier alpha value is -2.68. The van der Waals surface area contributed by atoms with E-state index in [0.717, 1.165) is 72.5 Å². The Kier molecular flexibility index (Phi) is 6.01. The molecule has 0 bridgehead atoms. The van der Waals surface area contributed by atoms with Crippen molar-refractivity contribution in [1.29, 1.82) is 0 Å². The Morgan fingerprint density at radius 2 is 2.00 bits per heavy atom. The Morgan fingerprint density at radius 1 is 1.16 bits per heavy atom. The van der Waals surface area contributed by atoms with E-state index in [1.54, 1.807) is 23.5 Å². The molecule has 2 aliphatic heterocycles. The molecule has 0 spiro atoms. The van der Waals surface area contributed by atoms with E-state index in [2.05, 4.69) is 10.2 Å². The summed E-state index contributed by atoms with van der Waals surface area (Å²) in [6.45, 7) is 4.54. The lowest BCUT2D eigenvalue weighted by Gasteiger charge is -2.25. The summed E-state index contributed by atoms with van der Waals surface area (Å²) >= 11 is 1.64. The second-order valence-corrected chi connectivity index (χ2v) is 8.71. The first-order valence-corrected chi connectivity index (χ1v) is 11.5. The molecule has 3 aromatic rings. The summed E-state index contributed by atoms with van der Waals surface area (Å²) < 4.78 is 17.8. The summed E-state index contributed by atoms with van der Waals surface area (Å²) in [6.07, 6.45) is 2.31. The van der Waals surface area contributed by atoms with Gasteiger partial charge >= 0.3 is 0 Å². The highest BCUT2D eigenvalue weighted by Crippen LogP contribution is 2.31. The van der Waals surface area contributed by atoms with E-state index >= 15 is 0 Å². The maximum Gasteiger partial charge on any atom is 0.255 e. The molecule has 31 heavy (non-hydrogen) atoms. The van der Waals surface area contributed by atoms with Crippen LogP contribution >= 0.6 is 11.3 Å². The number of carbonyl (C=O) groups excluding carboxylic acids is 1. The molecule has 5 rings (SSSR count). The van der Waals surface area contributed by atoms with Crippen LogP contribution in [-0.4, -0.2) is 56.5 Å². The van der Waals surface area contributed by atoms with Crippen molar-refractivity contribution in [3.8, 4) is 5.75 Å². The number of carbonyl (C=O) groups is 1. The van der Waals surface area contributed by atoms with Gasteiger partial charge in [0.05, 0.1) is 29.5 Å². The lowest BCUT2D eigenvalue weighted by atomic mass is 10.2. The van der Waals surface area contributed by atoms with Crippen LogP contribution in [-0.2, 0) is 9.47 Å². The van der Waals surface area contributed by atoms with Crippen molar-refractivity contribution in [2.45, 2.75) is 18.9 Å². The molecule has 1 atom stereocenters. The zero-order valence-electron chi connectivity index (χ0n) is 17.2. The zero-order chi connectivity index (χ0) is 21.0. The molecule has 1 amide bonds. The highest BCUT2D eigenvalue weighted by Gasteiger charge is 2.17. The number of benzene rings is 2. The molecule has 2 saturated heterocycles. The van der Waals surface area contributed by atoms with Crippen molar-refractivity contribution in [2.75, 3.05) is 49.7 Å². The van der Waals surface area contributed by atoms with E-state index in [0.29, 0.717) is 12.2 Å². The SMILES string of the molecule is O=C(Nc1ccc2nc(N3CCOCC3)sc2c1)c1ccc(OCC2CCCO2)cc1. The van der Waals surface area contributed by atoms with Gasteiger partial charge in [0.15, 0.2) is 5.13 Å². The van der Waals surface area contributed by atoms with Crippen LogP contribution in [0, 0.1) is 0 Å². The molecule has 0 radical (unpaired) electrons. The Bertz CT molecular complexity index is 1040. The summed E-state index contributed by atoms with van der Waals surface area (Å²) in [7, 11) is 0. The van der Waals surface area contributed by atoms with Gasteiger partial charge in [-0.15, -0.1) is 0 Å². The molecular formula is C23H25N3O4S. The number of nitrogens with zero attached hydrogens (tertiary/aromatic N) is 2. The number of hydrogen-bond donors (Lipinski definition) is 1. The fourth-order valence-electron chi connectivity index (χ4n) is 3.75. The van der Waals surface area contributed by atoms with Gasteiger partial charge in [-0.2, -0.15) is 0 Å². The molecule has 7 nitrogen and oxygen atoms in total. The number of nitrogens with one attached hydrogen (secondary N) is 1. The number of anilines is 2. The van der Waals surface area contributed by atoms with E-state index in [1.165, 1.54) is 0 Å². The predicted octanol–water partition coefficient (Wildman–Crippen LogP) is 3.94. The first kappa shape index (κ1) is 20.2. The largest absolute Gasteiger partial charge is 0.491 e. The first-order chi connectivity index (χ1) is 15.2. The van der Waals surface area contributed by atoms with Gasteiger partial charge in [0.1, 0.15) is 12.4 Å². The van der Waals surface area contributed by atoms with Gasteiger partial charge in [-0.25, -0.2) is 4.98 Å². The molecule has 1 aromatic heterocycles. The van der Waals surface area contributed by atoms with Gasteiger partial charge in [0, 0.05) is 30.9 Å². The van der Waals surface area contributed by atoms with Crippen LogP contribution in [0.5, 0.6) is 5.75 Å². The quantitative estimate of drug-likeness (QED) is 0.627. The van der Waals surface area contributed by atoms with Crippen molar-refractivity contribution >= 4 is 38.3 Å². The number of rotatable bonds is 6. The van der Waals surface area contributed by atoms with Crippen molar-refractivity contribution < 1.29 is 19.0 Å². The summed E-state index contributed by atoms with van der Waals surface area (Å²) in [5.41, 5.74) is 2.29. The second-order valence-electron chi connectivity index (χ2n) is 7.70. The minimum Gasteiger partial charge on any atom is -0.491 e. The number of aromatic nitrogens is 1. The molecule has 2 aliphatic rings. The van der Waals surface area contributed by atoms with E-state index in [9.17, 15) is 4.79 Å². The van der Waals surface area contributed by atoms with Gasteiger partial charge in [-0.1, -0.05) is 11.3 Å². The third-order valence-electron chi connectivity index (χ3n) is 5.49. The minimum atomic E-state index is -0.150. The summed E-state index contributed by atoms with van der Waals surface area (Å²) in [6, 6.07) is 13.0. The molecule has 1 N–H and O–H groups in total. The van der Waals surface area contributed by atoms with Gasteiger partial charge < -0.3 is 24.4 Å². The van der Waals surface area contributed by atoms with Crippen LogP contribution in [0.1, 0.15) is 23.2 Å². The van der Waals surface area contributed by atoms with Crippen molar-refractivity contribution in [2.24, 2.45) is 0 Å². The Labute approximate surface area is 184 Å². The van der Waals surface area contributed by atoms with Gasteiger partial charge in [-0.05, 0) is 55.3 Å². The number of thiazole rings is 1. The van der Waals surface area contributed by atoms with Crippen LogP contribution < -0.4 is 15.0 Å². The molecule has 0 aliphatic carbocycles. The van der Waals surface area contributed by atoms with Crippen LogP contribution in [0.25, 0.3) is 10.2 Å². The average molecular weight is 440 g/mol. The van der Waals surface area contributed by atoms with E-state index in [4.69, 9.17) is 19.2 Å². The number of amides is 1.